The summed E-state index contributed by atoms with van der Waals surface area (Å²) < 4.78 is 159. The van der Waals surface area contributed by atoms with Crippen molar-refractivity contribution in [1.82, 2.24) is 15.0 Å². The van der Waals surface area contributed by atoms with Crippen LogP contribution in [0.3, 0.4) is 0 Å². The van der Waals surface area contributed by atoms with Crippen molar-refractivity contribution in [3.63, 3.8) is 0 Å². The van der Waals surface area contributed by atoms with Crippen LogP contribution in [0, 0.1) is 0 Å². The quantitative estimate of drug-likeness (QED) is 0.605. The molecule has 0 unspecified atom stereocenters. The molecule has 31 heavy (non-hydrogen) atoms. The lowest BCUT2D eigenvalue weighted by Crippen LogP contribution is -2.47. The van der Waals surface area contributed by atoms with Gasteiger partial charge in [0.1, 0.15) is 0 Å². The Labute approximate surface area is 165 Å². The molecule has 0 aliphatic rings. The van der Waals surface area contributed by atoms with Gasteiger partial charge in [0, 0.05) is 5.54 Å². The SMILES string of the molecule is CC(C)(C)Nc1nc(OC(C(F)(F)F)C(F)(F)F)nc(OC(C(F)(F)F)C(F)(F)F)n1. The summed E-state index contributed by atoms with van der Waals surface area (Å²) in [6.07, 6.45) is -33.4. The molecular formula is C13H12F12N4O2. The van der Waals surface area contributed by atoms with E-state index in [1.54, 1.807) is 0 Å². The van der Waals surface area contributed by atoms with E-state index in [9.17, 15) is 52.7 Å². The van der Waals surface area contributed by atoms with Gasteiger partial charge in [-0.05, 0) is 20.8 Å². The van der Waals surface area contributed by atoms with E-state index < -0.39 is 60.4 Å². The number of ether oxygens (including phenoxy) is 2. The summed E-state index contributed by atoms with van der Waals surface area (Å²) in [6.45, 7) is 4.04. The second kappa shape index (κ2) is 8.25. The number of nitrogens with one attached hydrogen (secondary N) is 1. The molecular weight excluding hydrogens is 472 g/mol. The molecule has 6 nitrogen and oxygen atoms in total. The highest BCUT2D eigenvalue weighted by Crippen LogP contribution is 2.38. The van der Waals surface area contributed by atoms with Crippen molar-refractivity contribution in [2.24, 2.45) is 0 Å². The van der Waals surface area contributed by atoms with Crippen LogP contribution in [0.4, 0.5) is 58.6 Å². The molecule has 0 fully saturated rings. The van der Waals surface area contributed by atoms with Gasteiger partial charge in [-0.15, -0.1) is 4.98 Å². The lowest BCUT2D eigenvalue weighted by molar-refractivity contribution is -0.302. The monoisotopic (exact) mass is 484 g/mol. The molecule has 0 amide bonds. The van der Waals surface area contributed by atoms with Gasteiger partial charge in [-0.3, -0.25) is 0 Å². The first-order valence-corrected chi connectivity index (χ1v) is 7.64. The predicted octanol–water partition coefficient (Wildman–Crippen LogP) is 4.83. The van der Waals surface area contributed by atoms with E-state index in [4.69, 9.17) is 0 Å². The van der Waals surface area contributed by atoms with Crippen LogP contribution >= 0.6 is 0 Å². The molecule has 0 bridgehead atoms. The predicted molar refractivity (Wildman–Crippen MR) is 76.3 cm³/mol. The summed E-state index contributed by atoms with van der Waals surface area (Å²) in [7, 11) is 0. The van der Waals surface area contributed by atoms with Crippen LogP contribution in [0.15, 0.2) is 0 Å². The Kier molecular flexibility index (Phi) is 7.08. The number of halogens is 12. The highest BCUT2D eigenvalue weighted by Gasteiger charge is 2.61. The zero-order valence-corrected chi connectivity index (χ0v) is 15.3. The minimum Gasteiger partial charge on any atom is -0.440 e. The molecule has 0 aliphatic carbocycles. The standard InChI is InChI=1S/C13H12F12N4O2/c1-9(2,3)29-6-26-7(30-4(10(14,15)16)11(17,18)19)28-8(27-6)31-5(12(20,21)22)13(23,24)25/h4-5H,1-3H3,(H,26,27,28,29). The molecule has 1 rings (SSSR count). The Morgan fingerprint density at radius 3 is 1.10 bits per heavy atom. The Morgan fingerprint density at radius 1 is 0.581 bits per heavy atom. The average molecular weight is 484 g/mol. The normalized spacial score (nSPS) is 14.2. The number of hydrogen-bond acceptors (Lipinski definition) is 6. The van der Waals surface area contributed by atoms with Crippen molar-refractivity contribution in [3.05, 3.63) is 0 Å². The molecule has 1 aromatic heterocycles. The molecule has 0 atom stereocenters. The van der Waals surface area contributed by atoms with Gasteiger partial charge in [0.15, 0.2) is 0 Å². The van der Waals surface area contributed by atoms with Crippen molar-refractivity contribution in [3.8, 4) is 12.0 Å². The van der Waals surface area contributed by atoms with E-state index in [-0.39, 0.29) is 0 Å². The van der Waals surface area contributed by atoms with Gasteiger partial charge < -0.3 is 14.8 Å². The van der Waals surface area contributed by atoms with E-state index in [1.807, 2.05) is 0 Å². The number of alkyl halides is 12. The largest absolute Gasteiger partial charge is 0.440 e. The molecule has 0 aliphatic heterocycles. The van der Waals surface area contributed by atoms with Gasteiger partial charge in [0.25, 0.3) is 12.2 Å². The summed E-state index contributed by atoms with van der Waals surface area (Å²) in [5.74, 6) is -1.02. The fraction of sp³-hybridized carbons (Fsp3) is 0.769. The maximum Gasteiger partial charge on any atom is 0.434 e. The lowest BCUT2D eigenvalue weighted by Gasteiger charge is -2.25. The number of rotatable bonds is 5. The molecule has 0 spiro atoms. The van der Waals surface area contributed by atoms with Gasteiger partial charge >= 0.3 is 36.7 Å². The number of aromatic nitrogens is 3. The third-order valence-corrected chi connectivity index (χ3v) is 2.72. The van der Waals surface area contributed by atoms with Crippen LogP contribution in [-0.4, -0.2) is 57.4 Å². The third kappa shape index (κ3) is 8.31. The molecule has 1 N–H and O–H groups in total. The second-order valence-corrected chi connectivity index (χ2v) is 6.76. The summed E-state index contributed by atoms with van der Waals surface area (Å²) in [6, 6.07) is -3.78. The molecule has 180 valence electrons. The van der Waals surface area contributed by atoms with Crippen LogP contribution in [0.5, 0.6) is 12.0 Å². The Morgan fingerprint density at radius 2 is 0.871 bits per heavy atom. The molecule has 0 saturated heterocycles. The zero-order chi connectivity index (χ0) is 24.6. The summed E-state index contributed by atoms with van der Waals surface area (Å²) >= 11 is 0. The van der Waals surface area contributed by atoms with Gasteiger partial charge in [0.2, 0.25) is 5.95 Å². The fourth-order valence-electron chi connectivity index (χ4n) is 1.68. The van der Waals surface area contributed by atoms with E-state index in [1.165, 1.54) is 20.8 Å². The van der Waals surface area contributed by atoms with Crippen LogP contribution in [0.25, 0.3) is 0 Å². The van der Waals surface area contributed by atoms with Crippen LogP contribution in [0.2, 0.25) is 0 Å². The van der Waals surface area contributed by atoms with E-state index in [0.29, 0.717) is 0 Å². The maximum atomic E-state index is 12.6. The zero-order valence-electron chi connectivity index (χ0n) is 15.3. The molecule has 1 aromatic rings. The summed E-state index contributed by atoms with van der Waals surface area (Å²) in [5, 5.41) is 2.22. The van der Waals surface area contributed by atoms with Gasteiger partial charge in [-0.2, -0.15) is 62.7 Å². The molecule has 0 radical (unpaired) electrons. The smallest absolute Gasteiger partial charge is 0.434 e. The third-order valence-electron chi connectivity index (χ3n) is 2.72. The van der Waals surface area contributed by atoms with E-state index in [0.717, 1.165) is 0 Å². The number of anilines is 1. The minimum atomic E-state index is -6.08. The van der Waals surface area contributed by atoms with Gasteiger partial charge in [-0.1, -0.05) is 0 Å². The number of hydrogen-bond donors (Lipinski definition) is 1. The molecule has 0 aromatic carbocycles. The highest BCUT2D eigenvalue weighted by molar-refractivity contribution is 5.30. The fourth-order valence-corrected chi connectivity index (χ4v) is 1.68. The van der Waals surface area contributed by atoms with Crippen molar-refractivity contribution < 1.29 is 62.2 Å². The summed E-state index contributed by atoms with van der Waals surface area (Å²) in [5.41, 5.74) is -1.10. The van der Waals surface area contributed by atoms with Crippen molar-refractivity contribution in [2.75, 3.05) is 5.32 Å². The summed E-state index contributed by atoms with van der Waals surface area (Å²) in [4.78, 5) is 8.63. The van der Waals surface area contributed by atoms with Crippen molar-refractivity contribution in [1.29, 1.82) is 0 Å². The maximum absolute atomic E-state index is 12.6. The van der Waals surface area contributed by atoms with Gasteiger partial charge in [-0.25, -0.2) is 0 Å². The Balaban J connectivity index is 3.48. The Hall–Kier alpha value is -2.43. The van der Waals surface area contributed by atoms with E-state index >= 15 is 0 Å². The molecule has 18 heteroatoms. The van der Waals surface area contributed by atoms with Crippen LogP contribution < -0.4 is 14.8 Å². The topological polar surface area (TPSA) is 69.2 Å². The first kappa shape index (κ1) is 26.6. The van der Waals surface area contributed by atoms with Gasteiger partial charge in [0.05, 0.1) is 0 Å². The molecule has 1 heterocycles. The minimum absolute atomic E-state index is 1.02. The van der Waals surface area contributed by atoms with Crippen LogP contribution in [0.1, 0.15) is 20.8 Å². The molecule has 0 saturated carbocycles. The Bertz CT molecular complexity index is 671. The second-order valence-electron chi connectivity index (χ2n) is 6.76. The van der Waals surface area contributed by atoms with Crippen molar-refractivity contribution in [2.45, 2.75) is 63.2 Å². The first-order valence-electron chi connectivity index (χ1n) is 7.64. The lowest BCUT2D eigenvalue weighted by atomic mass is 10.1. The highest BCUT2D eigenvalue weighted by atomic mass is 19.4. The average Bonchev–Trinajstić information content (AvgIpc) is 2.44. The number of nitrogens with zero attached hydrogens (tertiary/aromatic N) is 3. The van der Waals surface area contributed by atoms with Crippen LogP contribution in [-0.2, 0) is 0 Å². The van der Waals surface area contributed by atoms with Crippen molar-refractivity contribution >= 4 is 5.95 Å². The van der Waals surface area contributed by atoms with E-state index in [2.05, 4.69) is 29.7 Å². The first-order chi connectivity index (χ1) is 13.5.